The Morgan fingerprint density at radius 3 is 3.00 bits per heavy atom. The molecule has 0 radical (unpaired) electrons. The number of fused-ring (bicyclic) bond motifs is 1. The Morgan fingerprint density at radius 1 is 1.40 bits per heavy atom. The number of nitrogens with two attached hydrogens (primary N) is 1. The first-order valence-electron chi connectivity index (χ1n) is 7.18. The molecule has 1 aromatic carbocycles. The topological polar surface area (TPSA) is 60.2 Å². The zero-order valence-electron chi connectivity index (χ0n) is 12.0. The summed E-state index contributed by atoms with van der Waals surface area (Å²) < 4.78 is 5.75. The summed E-state index contributed by atoms with van der Waals surface area (Å²) in [7, 11) is 0. The van der Waals surface area contributed by atoms with Crippen LogP contribution in [-0.4, -0.2) is 23.7 Å². The van der Waals surface area contributed by atoms with Crippen LogP contribution in [0.3, 0.4) is 0 Å². The number of nitrogens with zero attached hydrogens (tertiary/aromatic N) is 1. The van der Waals surface area contributed by atoms with E-state index in [2.05, 4.69) is 23.3 Å². The fourth-order valence-corrected chi connectivity index (χ4v) is 2.83. The summed E-state index contributed by atoms with van der Waals surface area (Å²) >= 11 is 0. The molecule has 4 heteroatoms. The molecular weight excluding hydrogens is 250 g/mol. The van der Waals surface area contributed by atoms with E-state index in [9.17, 15) is 0 Å². The van der Waals surface area contributed by atoms with Crippen molar-refractivity contribution in [2.45, 2.75) is 38.8 Å². The number of aryl methyl sites for hydroxylation is 1. The van der Waals surface area contributed by atoms with Crippen LogP contribution in [0.5, 0.6) is 0 Å². The van der Waals surface area contributed by atoms with E-state index in [0.29, 0.717) is 6.10 Å². The maximum Gasteiger partial charge on any atom is 0.0774 e. The van der Waals surface area contributed by atoms with Crippen LogP contribution in [0.2, 0.25) is 0 Å². The smallest absolute Gasteiger partial charge is 0.0774 e. The van der Waals surface area contributed by atoms with E-state index in [-0.39, 0.29) is 6.04 Å². The van der Waals surface area contributed by atoms with Crippen LogP contribution in [0.25, 0.3) is 10.9 Å². The number of anilines is 2. The van der Waals surface area contributed by atoms with Gasteiger partial charge in [0.25, 0.3) is 0 Å². The average Bonchev–Trinajstić information content (AvgIpc) is 2.93. The molecule has 1 fully saturated rings. The summed E-state index contributed by atoms with van der Waals surface area (Å²) in [6, 6.07) is 8.20. The molecule has 1 aliphatic heterocycles. The van der Waals surface area contributed by atoms with E-state index in [0.717, 1.165) is 47.4 Å². The van der Waals surface area contributed by atoms with Crippen LogP contribution in [0.1, 0.15) is 25.5 Å². The lowest BCUT2D eigenvalue weighted by molar-refractivity contribution is 0.0997. The van der Waals surface area contributed by atoms with Crippen LogP contribution in [0.4, 0.5) is 11.4 Å². The zero-order chi connectivity index (χ0) is 14.1. The number of rotatable bonds is 3. The number of hydrogen-bond donors (Lipinski definition) is 2. The van der Waals surface area contributed by atoms with Crippen LogP contribution < -0.4 is 11.1 Å². The highest BCUT2D eigenvalue weighted by molar-refractivity contribution is 5.93. The molecule has 1 aromatic heterocycles. The van der Waals surface area contributed by atoms with Crippen molar-refractivity contribution in [1.29, 1.82) is 0 Å². The van der Waals surface area contributed by atoms with Crippen molar-refractivity contribution in [3.63, 3.8) is 0 Å². The highest BCUT2D eigenvalue weighted by Crippen LogP contribution is 2.27. The number of nitrogen functional groups attached to an aromatic ring is 1. The number of benzene rings is 1. The molecule has 106 valence electrons. The van der Waals surface area contributed by atoms with Gasteiger partial charge in [0.15, 0.2) is 0 Å². The molecule has 2 unspecified atom stereocenters. The Bertz CT molecular complexity index is 620. The van der Waals surface area contributed by atoms with Crippen LogP contribution in [-0.2, 0) is 4.74 Å². The van der Waals surface area contributed by atoms with Gasteiger partial charge in [-0.25, -0.2) is 0 Å². The normalized spacial score (nSPS) is 20.2. The van der Waals surface area contributed by atoms with Gasteiger partial charge in [-0.3, -0.25) is 4.98 Å². The lowest BCUT2D eigenvalue weighted by Crippen LogP contribution is -2.30. The summed E-state index contributed by atoms with van der Waals surface area (Å²) in [5.41, 5.74) is 9.73. The van der Waals surface area contributed by atoms with Gasteiger partial charge in [-0.05, 0) is 51.0 Å². The van der Waals surface area contributed by atoms with Crippen molar-refractivity contribution in [2.24, 2.45) is 0 Å². The van der Waals surface area contributed by atoms with E-state index < -0.39 is 0 Å². The van der Waals surface area contributed by atoms with Crippen molar-refractivity contribution in [3.05, 3.63) is 30.0 Å². The molecule has 3 N–H and O–H groups in total. The third-order valence-corrected chi connectivity index (χ3v) is 3.87. The van der Waals surface area contributed by atoms with Crippen LogP contribution in [0.15, 0.2) is 24.3 Å². The van der Waals surface area contributed by atoms with Crippen molar-refractivity contribution in [3.8, 4) is 0 Å². The maximum absolute atomic E-state index is 5.90. The van der Waals surface area contributed by atoms with Gasteiger partial charge >= 0.3 is 0 Å². The van der Waals surface area contributed by atoms with E-state index in [1.165, 1.54) is 0 Å². The molecule has 2 heterocycles. The Kier molecular flexibility index (Phi) is 3.49. The minimum absolute atomic E-state index is 0.281. The van der Waals surface area contributed by atoms with Gasteiger partial charge in [-0.1, -0.05) is 0 Å². The van der Waals surface area contributed by atoms with Crippen molar-refractivity contribution < 1.29 is 4.74 Å². The van der Waals surface area contributed by atoms with Crippen LogP contribution in [0, 0.1) is 6.92 Å². The second-order valence-electron chi connectivity index (χ2n) is 5.57. The van der Waals surface area contributed by atoms with Crippen molar-refractivity contribution >= 4 is 22.3 Å². The van der Waals surface area contributed by atoms with Crippen molar-refractivity contribution in [2.75, 3.05) is 17.7 Å². The van der Waals surface area contributed by atoms with Gasteiger partial charge in [-0.15, -0.1) is 0 Å². The molecule has 0 bridgehead atoms. The Hall–Kier alpha value is -1.81. The molecule has 4 nitrogen and oxygen atoms in total. The molecular formula is C16H21N3O. The fourth-order valence-electron chi connectivity index (χ4n) is 2.83. The monoisotopic (exact) mass is 271 g/mol. The Morgan fingerprint density at radius 2 is 2.25 bits per heavy atom. The zero-order valence-corrected chi connectivity index (χ0v) is 12.0. The maximum atomic E-state index is 5.90. The molecule has 0 saturated carbocycles. The molecule has 3 rings (SSSR count). The third kappa shape index (κ3) is 2.56. The molecule has 0 spiro atoms. The van der Waals surface area contributed by atoms with E-state index >= 15 is 0 Å². The first-order chi connectivity index (χ1) is 9.63. The molecule has 2 aromatic rings. The quantitative estimate of drug-likeness (QED) is 0.842. The summed E-state index contributed by atoms with van der Waals surface area (Å²) in [5.74, 6) is 0. The lowest BCUT2D eigenvalue weighted by Gasteiger charge is -2.22. The lowest BCUT2D eigenvalue weighted by atomic mass is 10.1. The minimum Gasteiger partial charge on any atom is -0.399 e. The summed E-state index contributed by atoms with van der Waals surface area (Å²) in [5, 5.41) is 4.64. The molecule has 2 atom stereocenters. The molecule has 1 saturated heterocycles. The van der Waals surface area contributed by atoms with Gasteiger partial charge in [0.2, 0.25) is 0 Å². The first kappa shape index (κ1) is 13.2. The van der Waals surface area contributed by atoms with Gasteiger partial charge in [0.1, 0.15) is 0 Å². The van der Waals surface area contributed by atoms with Gasteiger partial charge in [-0.2, -0.15) is 0 Å². The van der Waals surface area contributed by atoms with Crippen molar-refractivity contribution in [1.82, 2.24) is 4.98 Å². The largest absolute Gasteiger partial charge is 0.399 e. The highest BCUT2D eigenvalue weighted by Gasteiger charge is 2.22. The van der Waals surface area contributed by atoms with E-state index in [4.69, 9.17) is 10.5 Å². The standard InChI is InChI=1S/C16H21N3O/c1-10-8-15(19-11(2)16-4-3-7-20-16)13-9-12(17)5-6-14(13)18-10/h5-6,8-9,11,16H,3-4,7,17H2,1-2H3,(H,18,19). The second kappa shape index (κ2) is 5.29. The van der Waals surface area contributed by atoms with Gasteiger partial charge in [0, 0.05) is 35.1 Å². The number of pyridine rings is 1. The number of hydrogen-bond acceptors (Lipinski definition) is 4. The predicted octanol–water partition coefficient (Wildman–Crippen LogP) is 3.10. The number of aromatic nitrogens is 1. The second-order valence-corrected chi connectivity index (χ2v) is 5.57. The average molecular weight is 271 g/mol. The van der Waals surface area contributed by atoms with Crippen LogP contribution >= 0.6 is 0 Å². The van der Waals surface area contributed by atoms with E-state index in [1.807, 2.05) is 25.1 Å². The van der Waals surface area contributed by atoms with Gasteiger partial charge in [0.05, 0.1) is 11.6 Å². The first-order valence-corrected chi connectivity index (χ1v) is 7.18. The summed E-state index contributed by atoms with van der Waals surface area (Å²) in [4.78, 5) is 4.56. The summed E-state index contributed by atoms with van der Waals surface area (Å²) in [6.45, 7) is 5.06. The number of nitrogens with one attached hydrogen (secondary N) is 1. The Balaban J connectivity index is 1.95. The summed E-state index contributed by atoms with van der Waals surface area (Å²) in [6.07, 6.45) is 2.57. The predicted molar refractivity (Wildman–Crippen MR) is 83.0 cm³/mol. The van der Waals surface area contributed by atoms with Gasteiger partial charge < -0.3 is 15.8 Å². The number of ether oxygens (including phenoxy) is 1. The minimum atomic E-state index is 0.281. The third-order valence-electron chi connectivity index (χ3n) is 3.87. The molecule has 20 heavy (non-hydrogen) atoms. The molecule has 0 aliphatic carbocycles. The highest BCUT2D eigenvalue weighted by atomic mass is 16.5. The van der Waals surface area contributed by atoms with E-state index in [1.54, 1.807) is 0 Å². The fraction of sp³-hybridized carbons (Fsp3) is 0.438. The molecule has 1 aliphatic rings. The molecule has 0 amide bonds. The Labute approximate surface area is 119 Å². The SMILES string of the molecule is Cc1cc(NC(C)C2CCCO2)c2cc(N)ccc2n1.